The summed E-state index contributed by atoms with van der Waals surface area (Å²) in [5, 5.41) is 0. The molecule has 2 unspecified atom stereocenters. The van der Waals surface area contributed by atoms with Gasteiger partial charge in [-0.05, 0) is 67.8 Å². The number of piperidine rings is 1. The molecule has 1 aromatic heterocycles. The van der Waals surface area contributed by atoms with Crippen LogP contribution in [0, 0.1) is 25.7 Å². The SMILES string of the molecule is Cc1cc2[nH]c(=O)c(=O)[nH]c2c(CN2CCC3CCCCC3C2)c1C. The lowest BCUT2D eigenvalue weighted by molar-refractivity contribution is 0.0821. The molecule has 1 aliphatic carbocycles. The van der Waals surface area contributed by atoms with Crippen LogP contribution in [-0.4, -0.2) is 28.0 Å². The van der Waals surface area contributed by atoms with E-state index in [1.165, 1.54) is 37.7 Å². The molecule has 1 saturated carbocycles. The predicted molar refractivity (Wildman–Crippen MR) is 100 cm³/mol. The fraction of sp³-hybridized carbons (Fsp3) is 0.600. The van der Waals surface area contributed by atoms with Gasteiger partial charge >= 0.3 is 11.1 Å². The van der Waals surface area contributed by atoms with Gasteiger partial charge in [0.2, 0.25) is 0 Å². The monoisotopic (exact) mass is 341 g/mol. The summed E-state index contributed by atoms with van der Waals surface area (Å²) < 4.78 is 0. The molecule has 0 radical (unpaired) electrons. The Kier molecular flexibility index (Phi) is 4.28. The number of benzene rings is 1. The zero-order valence-electron chi connectivity index (χ0n) is 15.2. The summed E-state index contributed by atoms with van der Waals surface area (Å²) in [5.41, 5.74) is 3.89. The molecule has 1 saturated heterocycles. The minimum absolute atomic E-state index is 0.567. The average molecular weight is 341 g/mol. The van der Waals surface area contributed by atoms with Crippen molar-refractivity contribution in [2.75, 3.05) is 13.1 Å². The summed E-state index contributed by atoms with van der Waals surface area (Å²) in [6.07, 6.45) is 6.83. The Morgan fingerprint density at radius 2 is 1.76 bits per heavy atom. The summed E-state index contributed by atoms with van der Waals surface area (Å²) in [4.78, 5) is 31.6. The van der Waals surface area contributed by atoms with Gasteiger partial charge in [0, 0.05) is 13.1 Å². The highest BCUT2D eigenvalue weighted by Crippen LogP contribution is 2.37. The number of fused-ring (bicyclic) bond motifs is 2. The third-order valence-electron chi connectivity index (χ3n) is 6.43. The largest absolute Gasteiger partial charge is 0.316 e. The van der Waals surface area contributed by atoms with Gasteiger partial charge in [-0.15, -0.1) is 0 Å². The molecule has 2 aliphatic rings. The Hall–Kier alpha value is -1.88. The van der Waals surface area contributed by atoms with Crippen LogP contribution in [0.15, 0.2) is 15.7 Å². The summed E-state index contributed by atoms with van der Waals surface area (Å²) >= 11 is 0. The van der Waals surface area contributed by atoms with E-state index in [0.717, 1.165) is 53.6 Å². The van der Waals surface area contributed by atoms with E-state index in [-0.39, 0.29) is 0 Å². The maximum absolute atomic E-state index is 11.8. The van der Waals surface area contributed by atoms with E-state index in [2.05, 4.69) is 28.7 Å². The van der Waals surface area contributed by atoms with Gasteiger partial charge in [0.25, 0.3) is 0 Å². The third-order valence-corrected chi connectivity index (χ3v) is 6.43. The van der Waals surface area contributed by atoms with Gasteiger partial charge in [0.15, 0.2) is 0 Å². The van der Waals surface area contributed by atoms with Crippen molar-refractivity contribution in [1.29, 1.82) is 0 Å². The fourth-order valence-corrected chi connectivity index (χ4v) is 4.82. The van der Waals surface area contributed by atoms with Crippen molar-refractivity contribution in [3.05, 3.63) is 43.5 Å². The molecule has 25 heavy (non-hydrogen) atoms. The number of nitrogens with zero attached hydrogens (tertiary/aromatic N) is 1. The zero-order chi connectivity index (χ0) is 17.6. The molecule has 1 aliphatic heterocycles. The van der Waals surface area contributed by atoms with Gasteiger partial charge in [-0.3, -0.25) is 14.5 Å². The molecule has 2 heterocycles. The quantitative estimate of drug-likeness (QED) is 0.825. The zero-order valence-corrected chi connectivity index (χ0v) is 15.2. The lowest BCUT2D eigenvalue weighted by Gasteiger charge is -2.41. The number of hydrogen-bond acceptors (Lipinski definition) is 3. The summed E-state index contributed by atoms with van der Waals surface area (Å²) in [6.45, 7) is 7.31. The Morgan fingerprint density at radius 1 is 1.04 bits per heavy atom. The molecule has 0 bridgehead atoms. The van der Waals surface area contributed by atoms with Crippen molar-refractivity contribution >= 4 is 11.0 Å². The molecule has 0 amide bonds. The molecule has 4 rings (SSSR count). The number of rotatable bonds is 2. The molecule has 2 N–H and O–H groups in total. The fourth-order valence-electron chi connectivity index (χ4n) is 4.82. The van der Waals surface area contributed by atoms with Crippen molar-refractivity contribution in [2.45, 2.75) is 52.5 Å². The van der Waals surface area contributed by atoms with Crippen LogP contribution in [-0.2, 0) is 6.54 Å². The third kappa shape index (κ3) is 3.06. The normalized spacial score (nSPS) is 24.4. The average Bonchev–Trinajstić information content (AvgIpc) is 2.61. The molecule has 134 valence electrons. The first-order chi connectivity index (χ1) is 12.0. The van der Waals surface area contributed by atoms with E-state index in [1.54, 1.807) is 0 Å². The van der Waals surface area contributed by atoms with Crippen LogP contribution in [0.25, 0.3) is 11.0 Å². The lowest BCUT2D eigenvalue weighted by atomic mass is 9.75. The van der Waals surface area contributed by atoms with Crippen molar-refractivity contribution in [3.8, 4) is 0 Å². The molecule has 2 atom stereocenters. The van der Waals surface area contributed by atoms with E-state index < -0.39 is 11.1 Å². The number of aromatic amines is 2. The van der Waals surface area contributed by atoms with Crippen LogP contribution < -0.4 is 11.1 Å². The van der Waals surface area contributed by atoms with Crippen molar-refractivity contribution < 1.29 is 0 Å². The van der Waals surface area contributed by atoms with Crippen LogP contribution in [0.3, 0.4) is 0 Å². The van der Waals surface area contributed by atoms with E-state index in [9.17, 15) is 9.59 Å². The van der Waals surface area contributed by atoms with Gasteiger partial charge < -0.3 is 9.97 Å². The van der Waals surface area contributed by atoms with Crippen LogP contribution in [0.4, 0.5) is 0 Å². The number of likely N-dealkylation sites (tertiary alicyclic amines) is 1. The predicted octanol–water partition coefficient (Wildman–Crippen LogP) is 2.85. The number of aryl methyl sites for hydroxylation is 1. The highest BCUT2D eigenvalue weighted by molar-refractivity contribution is 5.80. The van der Waals surface area contributed by atoms with E-state index in [0.29, 0.717) is 0 Å². The molecule has 2 aromatic rings. The maximum Gasteiger partial charge on any atom is 0.314 e. The Bertz CT molecular complexity index is 912. The van der Waals surface area contributed by atoms with Gasteiger partial charge in [-0.25, -0.2) is 0 Å². The summed E-state index contributed by atoms with van der Waals surface area (Å²) in [7, 11) is 0. The number of aromatic nitrogens is 2. The molecule has 0 spiro atoms. The second-order valence-corrected chi connectivity index (χ2v) is 7.96. The number of nitrogens with one attached hydrogen (secondary N) is 2. The van der Waals surface area contributed by atoms with Crippen LogP contribution in [0.5, 0.6) is 0 Å². The Balaban J connectivity index is 1.69. The molecule has 1 aromatic carbocycles. The lowest BCUT2D eigenvalue weighted by Crippen LogP contribution is -2.41. The number of hydrogen-bond donors (Lipinski definition) is 2. The van der Waals surface area contributed by atoms with Crippen molar-refractivity contribution in [3.63, 3.8) is 0 Å². The molecular formula is C20H27N3O2. The second-order valence-electron chi connectivity index (χ2n) is 7.96. The molecular weight excluding hydrogens is 314 g/mol. The first kappa shape index (κ1) is 16.6. The van der Waals surface area contributed by atoms with E-state index in [1.807, 2.05) is 6.07 Å². The highest BCUT2D eigenvalue weighted by atomic mass is 16.2. The minimum Gasteiger partial charge on any atom is -0.316 e. The smallest absolute Gasteiger partial charge is 0.314 e. The first-order valence-electron chi connectivity index (χ1n) is 9.50. The summed E-state index contributed by atoms with van der Waals surface area (Å²) in [5.74, 6) is 1.74. The molecule has 5 heteroatoms. The molecule has 5 nitrogen and oxygen atoms in total. The van der Waals surface area contributed by atoms with Crippen LogP contribution >= 0.6 is 0 Å². The summed E-state index contributed by atoms with van der Waals surface area (Å²) in [6, 6.07) is 1.96. The number of H-pyrrole nitrogens is 2. The van der Waals surface area contributed by atoms with Crippen LogP contribution in [0.2, 0.25) is 0 Å². The highest BCUT2D eigenvalue weighted by Gasteiger charge is 2.31. The van der Waals surface area contributed by atoms with Gasteiger partial charge in [-0.2, -0.15) is 0 Å². The second kappa shape index (κ2) is 6.45. The van der Waals surface area contributed by atoms with E-state index in [4.69, 9.17) is 0 Å². The minimum atomic E-state index is -0.579. The topological polar surface area (TPSA) is 69.0 Å². The Labute approximate surface area is 147 Å². The van der Waals surface area contributed by atoms with Crippen molar-refractivity contribution in [2.24, 2.45) is 11.8 Å². The van der Waals surface area contributed by atoms with Gasteiger partial charge in [0.05, 0.1) is 11.0 Å². The van der Waals surface area contributed by atoms with Crippen LogP contribution in [0.1, 0.15) is 48.8 Å². The maximum atomic E-state index is 11.8. The standard InChI is InChI=1S/C20H27N3O2/c1-12-9-17-18(22-20(25)19(24)21-17)16(13(12)2)11-23-8-7-14-5-3-4-6-15(14)10-23/h9,14-15H,3-8,10-11H2,1-2H3,(H,21,24)(H,22,25). The van der Waals surface area contributed by atoms with Crippen molar-refractivity contribution in [1.82, 2.24) is 14.9 Å². The molecule has 2 fully saturated rings. The Morgan fingerprint density at radius 3 is 2.56 bits per heavy atom. The van der Waals surface area contributed by atoms with Gasteiger partial charge in [-0.1, -0.05) is 19.3 Å². The first-order valence-corrected chi connectivity index (χ1v) is 9.50. The van der Waals surface area contributed by atoms with Gasteiger partial charge in [0.1, 0.15) is 0 Å². The van der Waals surface area contributed by atoms with E-state index >= 15 is 0 Å².